The van der Waals surface area contributed by atoms with Crippen LogP contribution in [0.15, 0.2) is 42.5 Å². The molecule has 3 rings (SSSR count). The zero-order chi connectivity index (χ0) is 21.8. The van der Waals surface area contributed by atoms with Crippen molar-refractivity contribution >= 4 is 40.5 Å². The molecule has 8 nitrogen and oxygen atoms in total. The van der Waals surface area contributed by atoms with Gasteiger partial charge in [0.1, 0.15) is 5.69 Å². The van der Waals surface area contributed by atoms with Crippen LogP contribution in [0, 0.1) is 16.0 Å². The molecule has 1 heterocycles. The summed E-state index contributed by atoms with van der Waals surface area (Å²) in [7, 11) is 3.27. The molecule has 9 heteroatoms. The second-order valence-electron chi connectivity index (χ2n) is 7.39. The summed E-state index contributed by atoms with van der Waals surface area (Å²) >= 11 is 6.12. The van der Waals surface area contributed by atoms with Crippen LogP contribution in [0.4, 0.5) is 17.1 Å². The molecule has 1 N–H and O–H groups in total. The number of carbonyl (C=O) groups excluding carboxylic acids is 2. The number of benzene rings is 2. The summed E-state index contributed by atoms with van der Waals surface area (Å²) in [6.07, 6.45) is 1.16. The molecule has 1 aliphatic heterocycles. The fraction of sp³-hybridized carbons (Fsp3) is 0.333. The molecule has 158 valence electrons. The monoisotopic (exact) mass is 430 g/mol. The second-order valence-corrected chi connectivity index (χ2v) is 7.80. The van der Waals surface area contributed by atoms with Crippen molar-refractivity contribution in [3.8, 4) is 0 Å². The number of hydrogen-bond acceptors (Lipinski definition) is 5. The molecule has 0 aromatic heterocycles. The van der Waals surface area contributed by atoms with E-state index >= 15 is 0 Å². The second kappa shape index (κ2) is 9.13. The van der Waals surface area contributed by atoms with Crippen LogP contribution in [0.3, 0.4) is 0 Å². The number of rotatable bonds is 5. The van der Waals surface area contributed by atoms with Gasteiger partial charge in [-0.2, -0.15) is 0 Å². The molecule has 0 atom stereocenters. The van der Waals surface area contributed by atoms with Crippen LogP contribution in [-0.4, -0.2) is 48.8 Å². The zero-order valence-electron chi connectivity index (χ0n) is 16.8. The van der Waals surface area contributed by atoms with Crippen LogP contribution >= 0.6 is 11.6 Å². The number of piperidine rings is 1. The van der Waals surface area contributed by atoms with E-state index in [0.717, 1.165) is 0 Å². The lowest BCUT2D eigenvalue weighted by Gasteiger charge is -2.32. The van der Waals surface area contributed by atoms with Gasteiger partial charge in [0.05, 0.1) is 15.5 Å². The maximum Gasteiger partial charge on any atom is 0.292 e. The largest absolute Gasteiger partial charge is 0.366 e. The predicted molar refractivity (Wildman–Crippen MR) is 116 cm³/mol. The summed E-state index contributed by atoms with van der Waals surface area (Å²) in [5.74, 6) is -0.593. The van der Waals surface area contributed by atoms with Gasteiger partial charge in [-0.25, -0.2) is 0 Å². The number of nitro benzene ring substituents is 1. The minimum atomic E-state index is -0.388. The Hall–Kier alpha value is -3.13. The third kappa shape index (κ3) is 4.71. The average Bonchev–Trinajstić information content (AvgIpc) is 2.74. The van der Waals surface area contributed by atoms with E-state index in [2.05, 4.69) is 5.32 Å². The van der Waals surface area contributed by atoms with Crippen LogP contribution in [0.1, 0.15) is 23.2 Å². The Morgan fingerprint density at radius 3 is 2.47 bits per heavy atom. The molecule has 1 saturated heterocycles. The molecule has 0 radical (unpaired) electrons. The number of halogens is 1. The van der Waals surface area contributed by atoms with Crippen molar-refractivity contribution in [3.63, 3.8) is 0 Å². The molecule has 0 unspecified atom stereocenters. The smallest absolute Gasteiger partial charge is 0.292 e. The van der Waals surface area contributed by atoms with Crippen molar-refractivity contribution in [2.75, 3.05) is 37.4 Å². The maximum atomic E-state index is 12.7. The number of carbonyl (C=O) groups is 2. The molecule has 0 spiro atoms. The van der Waals surface area contributed by atoms with Crippen LogP contribution < -0.4 is 10.2 Å². The first-order valence-electron chi connectivity index (χ1n) is 9.58. The minimum absolute atomic E-state index is 0.0691. The van der Waals surface area contributed by atoms with Gasteiger partial charge in [0.25, 0.3) is 11.6 Å². The van der Waals surface area contributed by atoms with E-state index in [1.807, 2.05) is 4.90 Å². The van der Waals surface area contributed by atoms with E-state index in [1.54, 1.807) is 50.5 Å². The molecule has 0 aliphatic carbocycles. The summed E-state index contributed by atoms with van der Waals surface area (Å²) in [6.45, 7) is 1.10. The third-order valence-corrected chi connectivity index (χ3v) is 5.48. The normalized spacial score (nSPS) is 14.3. The molecular formula is C21H23ClN4O4. The fourth-order valence-corrected chi connectivity index (χ4v) is 3.72. The van der Waals surface area contributed by atoms with E-state index in [4.69, 9.17) is 11.6 Å². The lowest BCUT2D eigenvalue weighted by atomic mass is 9.95. The Morgan fingerprint density at radius 2 is 1.83 bits per heavy atom. The summed E-state index contributed by atoms with van der Waals surface area (Å²) in [5, 5.41) is 14.4. The number of nitro groups is 1. The van der Waals surface area contributed by atoms with Gasteiger partial charge in [0, 0.05) is 44.9 Å². The molecule has 0 bridgehead atoms. The number of anilines is 2. The number of nitrogens with one attached hydrogen (secondary N) is 1. The van der Waals surface area contributed by atoms with E-state index in [1.165, 1.54) is 11.0 Å². The highest BCUT2D eigenvalue weighted by atomic mass is 35.5. The third-order valence-electron chi connectivity index (χ3n) is 5.16. The standard InChI is InChI=1S/C21H23ClN4O4/c1-24(2)21(28)16-13-15(7-8-17(16)22)23-20(27)14-9-11-25(12-10-14)18-5-3-4-6-19(18)26(29)30/h3-8,13-14H,9-12H2,1-2H3,(H,23,27). The van der Waals surface area contributed by atoms with Gasteiger partial charge < -0.3 is 15.1 Å². The minimum Gasteiger partial charge on any atom is -0.366 e. The van der Waals surface area contributed by atoms with Gasteiger partial charge in [0.15, 0.2) is 0 Å². The molecule has 2 aromatic carbocycles. The summed E-state index contributed by atoms with van der Waals surface area (Å²) < 4.78 is 0. The molecule has 1 aliphatic rings. The average molecular weight is 431 g/mol. The van der Waals surface area contributed by atoms with Crippen molar-refractivity contribution in [1.29, 1.82) is 0 Å². The van der Waals surface area contributed by atoms with E-state index in [9.17, 15) is 19.7 Å². The zero-order valence-corrected chi connectivity index (χ0v) is 17.6. The Bertz CT molecular complexity index is 971. The van der Waals surface area contributed by atoms with Crippen molar-refractivity contribution in [3.05, 3.63) is 63.2 Å². The first-order valence-corrected chi connectivity index (χ1v) is 9.96. The van der Waals surface area contributed by atoms with E-state index in [-0.39, 0.29) is 28.3 Å². The summed E-state index contributed by atoms with van der Waals surface area (Å²) in [4.78, 5) is 39.2. The lowest BCUT2D eigenvalue weighted by Crippen LogP contribution is -2.38. The first-order chi connectivity index (χ1) is 14.3. The highest BCUT2D eigenvalue weighted by Crippen LogP contribution is 2.31. The van der Waals surface area contributed by atoms with Crippen LogP contribution in [-0.2, 0) is 4.79 Å². The molecule has 30 heavy (non-hydrogen) atoms. The van der Waals surface area contributed by atoms with Gasteiger partial charge in [-0.3, -0.25) is 19.7 Å². The van der Waals surface area contributed by atoms with Crippen molar-refractivity contribution in [2.45, 2.75) is 12.8 Å². The van der Waals surface area contributed by atoms with Gasteiger partial charge in [0.2, 0.25) is 5.91 Å². The highest BCUT2D eigenvalue weighted by molar-refractivity contribution is 6.34. The van der Waals surface area contributed by atoms with Gasteiger partial charge in [-0.05, 0) is 37.1 Å². The van der Waals surface area contributed by atoms with Crippen LogP contribution in [0.2, 0.25) is 5.02 Å². The van der Waals surface area contributed by atoms with Crippen molar-refractivity contribution in [1.82, 2.24) is 4.90 Å². The Labute approximate surface area is 179 Å². The predicted octanol–water partition coefficient (Wildman–Crippen LogP) is 3.81. The quantitative estimate of drug-likeness (QED) is 0.574. The molecule has 0 saturated carbocycles. The molecule has 1 fully saturated rings. The Morgan fingerprint density at radius 1 is 1.17 bits per heavy atom. The van der Waals surface area contributed by atoms with Crippen LogP contribution in [0.5, 0.6) is 0 Å². The number of para-hydroxylation sites is 2. The molecule has 2 amide bonds. The summed E-state index contributed by atoms with van der Waals surface area (Å²) in [5.41, 5.74) is 1.48. The molecular weight excluding hydrogens is 408 g/mol. The van der Waals surface area contributed by atoms with Gasteiger partial charge >= 0.3 is 0 Å². The number of nitrogens with zero attached hydrogens (tertiary/aromatic N) is 3. The SMILES string of the molecule is CN(C)C(=O)c1cc(NC(=O)C2CCN(c3ccccc3[N+](=O)[O-])CC2)ccc1Cl. The van der Waals surface area contributed by atoms with Crippen LogP contribution in [0.25, 0.3) is 0 Å². The first kappa shape index (κ1) is 21.6. The summed E-state index contributed by atoms with van der Waals surface area (Å²) in [6, 6.07) is 11.5. The number of hydrogen-bond donors (Lipinski definition) is 1. The van der Waals surface area contributed by atoms with Crippen molar-refractivity contribution in [2.24, 2.45) is 5.92 Å². The van der Waals surface area contributed by atoms with Gasteiger partial charge in [-0.15, -0.1) is 0 Å². The van der Waals surface area contributed by atoms with E-state index in [0.29, 0.717) is 47.9 Å². The Balaban J connectivity index is 1.65. The van der Waals surface area contributed by atoms with E-state index < -0.39 is 0 Å². The Kier molecular flexibility index (Phi) is 6.56. The highest BCUT2D eigenvalue weighted by Gasteiger charge is 2.28. The van der Waals surface area contributed by atoms with Gasteiger partial charge in [-0.1, -0.05) is 23.7 Å². The number of amides is 2. The molecule has 2 aromatic rings. The fourth-order valence-electron chi connectivity index (χ4n) is 3.52. The maximum absolute atomic E-state index is 12.7. The lowest BCUT2D eigenvalue weighted by molar-refractivity contribution is -0.384. The van der Waals surface area contributed by atoms with Crippen molar-refractivity contribution < 1.29 is 14.5 Å². The topological polar surface area (TPSA) is 95.8 Å².